The molecule has 5 heteroatoms. The number of fused-ring (bicyclic) bond motifs is 1. The maximum Gasteiger partial charge on any atom is 0.586 e. The number of hydrogen-bond acceptors (Lipinski definition) is 3. The second-order valence-corrected chi connectivity index (χ2v) is 3.86. The molecule has 80 valence electrons. The van der Waals surface area contributed by atoms with Crippen LogP contribution in [0.15, 0.2) is 18.2 Å². The molecule has 2 aliphatic rings. The first kappa shape index (κ1) is 8.91. The summed E-state index contributed by atoms with van der Waals surface area (Å²) in [7, 11) is 0. The Balaban J connectivity index is 1.99. The minimum absolute atomic E-state index is 0.00741. The van der Waals surface area contributed by atoms with E-state index >= 15 is 0 Å². The zero-order valence-corrected chi connectivity index (χ0v) is 7.67. The van der Waals surface area contributed by atoms with Gasteiger partial charge in [-0.1, -0.05) is 6.07 Å². The third-order valence-corrected chi connectivity index (χ3v) is 2.66. The van der Waals surface area contributed by atoms with Gasteiger partial charge >= 0.3 is 6.29 Å². The van der Waals surface area contributed by atoms with E-state index in [9.17, 15) is 13.9 Å². The van der Waals surface area contributed by atoms with E-state index in [-0.39, 0.29) is 11.5 Å². The maximum absolute atomic E-state index is 12.7. The van der Waals surface area contributed by atoms with Gasteiger partial charge in [-0.25, -0.2) is 0 Å². The minimum atomic E-state index is -3.59. The molecule has 3 nitrogen and oxygen atoms in total. The lowest BCUT2D eigenvalue weighted by Crippen LogP contribution is -2.25. The standard InChI is InChI=1S/C10H8F2O3/c11-10(12)14-7-2-1-6(5-8(7)15-10)9(13)3-4-9/h1-2,5,13H,3-4H2. The number of aliphatic hydroxyl groups is 1. The number of hydrogen-bond donors (Lipinski definition) is 1. The molecular weight excluding hydrogens is 206 g/mol. The summed E-state index contributed by atoms with van der Waals surface area (Å²) in [6, 6.07) is 4.38. The van der Waals surface area contributed by atoms with E-state index < -0.39 is 11.9 Å². The highest BCUT2D eigenvalue weighted by Crippen LogP contribution is 2.49. The molecule has 1 aromatic rings. The zero-order valence-electron chi connectivity index (χ0n) is 7.67. The van der Waals surface area contributed by atoms with E-state index in [1.807, 2.05) is 0 Å². The summed E-state index contributed by atoms with van der Waals surface area (Å²) >= 11 is 0. The lowest BCUT2D eigenvalue weighted by atomic mass is 10.1. The van der Waals surface area contributed by atoms with Crippen molar-refractivity contribution >= 4 is 0 Å². The molecule has 1 aliphatic heterocycles. The Bertz CT molecular complexity index is 427. The fourth-order valence-electron chi connectivity index (χ4n) is 1.65. The third-order valence-electron chi connectivity index (χ3n) is 2.66. The van der Waals surface area contributed by atoms with Gasteiger partial charge in [0.25, 0.3) is 0 Å². The van der Waals surface area contributed by atoms with Gasteiger partial charge in [0, 0.05) is 0 Å². The molecule has 1 fully saturated rings. The molecule has 1 N–H and O–H groups in total. The first-order valence-electron chi connectivity index (χ1n) is 4.61. The second-order valence-electron chi connectivity index (χ2n) is 3.86. The van der Waals surface area contributed by atoms with Crippen LogP contribution in [0.25, 0.3) is 0 Å². The van der Waals surface area contributed by atoms with Gasteiger partial charge in [0.15, 0.2) is 11.5 Å². The van der Waals surface area contributed by atoms with Gasteiger partial charge in [0.2, 0.25) is 0 Å². The Kier molecular flexibility index (Phi) is 1.43. The van der Waals surface area contributed by atoms with Crippen molar-refractivity contribution in [3.63, 3.8) is 0 Å². The molecule has 1 aromatic carbocycles. The second kappa shape index (κ2) is 2.41. The predicted molar refractivity (Wildman–Crippen MR) is 45.8 cm³/mol. The lowest BCUT2D eigenvalue weighted by Gasteiger charge is -2.07. The van der Waals surface area contributed by atoms with E-state index in [4.69, 9.17) is 0 Å². The number of alkyl halides is 2. The summed E-state index contributed by atoms with van der Waals surface area (Å²) in [5.74, 6) is -0.00850. The van der Waals surface area contributed by atoms with Gasteiger partial charge in [-0.2, -0.15) is 0 Å². The summed E-state index contributed by atoms with van der Waals surface area (Å²) in [6.45, 7) is 0. The molecule has 0 atom stereocenters. The van der Waals surface area contributed by atoms with E-state index in [0.717, 1.165) is 0 Å². The molecule has 0 radical (unpaired) electrons. The van der Waals surface area contributed by atoms with Crippen molar-refractivity contribution < 1.29 is 23.4 Å². The topological polar surface area (TPSA) is 38.7 Å². The van der Waals surface area contributed by atoms with Crippen LogP contribution in [0.1, 0.15) is 18.4 Å². The number of benzene rings is 1. The number of ether oxygens (including phenoxy) is 2. The quantitative estimate of drug-likeness (QED) is 0.776. The van der Waals surface area contributed by atoms with Gasteiger partial charge in [0.05, 0.1) is 5.60 Å². The van der Waals surface area contributed by atoms with Gasteiger partial charge in [0.1, 0.15) is 0 Å². The summed E-state index contributed by atoms with van der Waals surface area (Å²) in [4.78, 5) is 0. The molecule has 1 saturated carbocycles. The average Bonchev–Trinajstić information content (AvgIpc) is 2.78. The molecule has 0 unspecified atom stereocenters. The highest BCUT2D eigenvalue weighted by Gasteiger charge is 2.46. The lowest BCUT2D eigenvalue weighted by molar-refractivity contribution is -0.286. The average molecular weight is 214 g/mol. The van der Waals surface area contributed by atoms with Crippen molar-refractivity contribution in [2.45, 2.75) is 24.7 Å². The summed E-state index contributed by atoms with van der Waals surface area (Å²) in [6.07, 6.45) is -2.28. The van der Waals surface area contributed by atoms with Crippen LogP contribution in [0.2, 0.25) is 0 Å². The van der Waals surface area contributed by atoms with Gasteiger partial charge in [-0.15, -0.1) is 8.78 Å². The monoisotopic (exact) mass is 214 g/mol. The smallest absolute Gasteiger partial charge is 0.395 e. The fraction of sp³-hybridized carbons (Fsp3) is 0.400. The predicted octanol–water partition coefficient (Wildman–Crippen LogP) is 1.99. The summed E-state index contributed by atoms with van der Waals surface area (Å²) in [5, 5.41) is 9.78. The molecule has 0 bridgehead atoms. The van der Waals surface area contributed by atoms with Gasteiger partial charge < -0.3 is 14.6 Å². The van der Waals surface area contributed by atoms with E-state index in [1.54, 1.807) is 6.07 Å². The molecule has 3 rings (SSSR count). The summed E-state index contributed by atoms with van der Waals surface area (Å²) in [5.41, 5.74) is -0.251. The molecule has 1 heterocycles. The Morgan fingerprint density at radius 2 is 1.80 bits per heavy atom. The highest BCUT2D eigenvalue weighted by molar-refractivity contribution is 5.47. The van der Waals surface area contributed by atoms with E-state index in [1.165, 1.54) is 12.1 Å². The van der Waals surface area contributed by atoms with Crippen molar-refractivity contribution in [3.05, 3.63) is 23.8 Å². The van der Waals surface area contributed by atoms with Crippen LogP contribution in [0.4, 0.5) is 8.78 Å². The molecule has 15 heavy (non-hydrogen) atoms. The largest absolute Gasteiger partial charge is 0.586 e. The molecule has 1 aliphatic carbocycles. The maximum atomic E-state index is 12.7. The Hall–Kier alpha value is -1.36. The fourth-order valence-corrected chi connectivity index (χ4v) is 1.65. The number of halogens is 2. The van der Waals surface area contributed by atoms with Crippen LogP contribution in [-0.4, -0.2) is 11.4 Å². The zero-order chi connectivity index (χ0) is 10.7. The highest BCUT2D eigenvalue weighted by atomic mass is 19.3. The third kappa shape index (κ3) is 1.34. The van der Waals surface area contributed by atoms with Crippen LogP contribution < -0.4 is 9.47 Å². The SMILES string of the molecule is OC1(c2ccc3c(c2)OC(F)(F)O3)CC1. The van der Waals surface area contributed by atoms with Crippen molar-refractivity contribution in [1.82, 2.24) is 0 Å². The van der Waals surface area contributed by atoms with Crippen LogP contribution in [-0.2, 0) is 5.60 Å². The molecular formula is C10H8F2O3. The van der Waals surface area contributed by atoms with Crippen molar-refractivity contribution in [2.24, 2.45) is 0 Å². The Morgan fingerprint density at radius 1 is 1.13 bits per heavy atom. The molecule has 0 amide bonds. The first-order chi connectivity index (χ1) is 6.99. The minimum Gasteiger partial charge on any atom is -0.395 e. The Morgan fingerprint density at radius 3 is 2.47 bits per heavy atom. The van der Waals surface area contributed by atoms with Crippen LogP contribution >= 0.6 is 0 Å². The van der Waals surface area contributed by atoms with Crippen LogP contribution in [0.5, 0.6) is 11.5 Å². The molecule has 0 saturated heterocycles. The number of rotatable bonds is 1. The van der Waals surface area contributed by atoms with E-state index in [0.29, 0.717) is 18.4 Å². The molecule has 0 aromatic heterocycles. The normalized spacial score (nSPS) is 23.9. The van der Waals surface area contributed by atoms with Gasteiger partial charge in [-0.05, 0) is 30.5 Å². The van der Waals surface area contributed by atoms with Crippen molar-refractivity contribution in [1.29, 1.82) is 0 Å². The molecule has 0 spiro atoms. The van der Waals surface area contributed by atoms with E-state index in [2.05, 4.69) is 9.47 Å². The first-order valence-corrected chi connectivity index (χ1v) is 4.61. The van der Waals surface area contributed by atoms with Crippen LogP contribution in [0, 0.1) is 0 Å². The van der Waals surface area contributed by atoms with Crippen molar-refractivity contribution in [3.8, 4) is 11.5 Å². The summed E-state index contributed by atoms with van der Waals surface area (Å²) < 4.78 is 33.9. The van der Waals surface area contributed by atoms with Crippen molar-refractivity contribution in [2.75, 3.05) is 0 Å². The van der Waals surface area contributed by atoms with Crippen LogP contribution in [0.3, 0.4) is 0 Å². The van der Waals surface area contributed by atoms with Gasteiger partial charge in [-0.3, -0.25) is 0 Å². The Labute approximate surface area is 84.2 Å².